The first-order valence-corrected chi connectivity index (χ1v) is 9.03. The van der Waals surface area contributed by atoms with E-state index < -0.39 is 0 Å². The number of nitrogens with zero attached hydrogens (tertiary/aromatic N) is 4. The van der Waals surface area contributed by atoms with Crippen molar-refractivity contribution >= 4 is 17.4 Å². The van der Waals surface area contributed by atoms with E-state index in [-0.39, 0.29) is 5.60 Å². The maximum Gasteiger partial charge on any atom is 0.197 e. The molecular formula is C18H20N4OS. The molecule has 6 heteroatoms. The van der Waals surface area contributed by atoms with Crippen molar-refractivity contribution in [3.8, 4) is 5.75 Å². The van der Waals surface area contributed by atoms with Crippen molar-refractivity contribution in [2.24, 2.45) is 0 Å². The van der Waals surface area contributed by atoms with Crippen molar-refractivity contribution in [2.45, 2.75) is 50.6 Å². The van der Waals surface area contributed by atoms with Gasteiger partial charge in [0.15, 0.2) is 10.8 Å². The van der Waals surface area contributed by atoms with Gasteiger partial charge < -0.3 is 4.74 Å². The Balaban J connectivity index is 1.63. The number of para-hydroxylation sites is 1. The van der Waals surface area contributed by atoms with Gasteiger partial charge in [0.2, 0.25) is 0 Å². The lowest BCUT2D eigenvalue weighted by Crippen LogP contribution is -2.24. The first-order valence-electron chi connectivity index (χ1n) is 8.05. The number of aryl methyl sites for hydroxylation is 2. The number of hydrogen-bond acceptors (Lipinski definition) is 5. The molecule has 24 heavy (non-hydrogen) atoms. The topological polar surface area (TPSA) is 52.3 Å². The fourth-order valence-corrected chi connectivity index (χ4v) is 4.20. The second-order valence-electron chi connectivity index (χ2n) is 6.85. The minimum Gasteiger partial charge on any atom is -0.487 e. The van der Waals surface area contributed by atoms with Crippen LogP contribution in [0.25, 0.3) is 5.65 Å². The predicted molar refractivity (Wildman–Crippen MR) is 94.7 cm³/mol. The van der Waals surface area contributed by atoms with Crippen LogP contribution in [0.4, 0.5) is 0 Å². The Kier molecular flexibility index (Phi) is 3.53. The van der Waals surface area contributed by atoms with E-state index in [1.165, 1.54) is 11.1 Å². The van der Waals surface area contributed by atoms with Crippen LogP contribution >= 0.6 is 11.8 Å². The van der Waals surface area contributed by atoms with E-state index >= 15 is 0 Å². The number of fused-ring (bicyclic) bond motifs is 2. The zero-order valence-corrected chi connectivity index (χ0v) is 15.1. The standard InChI is InChI=1S/C18H20N4OS/c1-11-8-15-20-21-17(22(15)12(2)19-11)24-10-14-7-5-6-13-9-18(3,4)23-16(13)14/h5-8H,9-10H2,1-4H3. The summed E-state index contributed by atoms with van der Waals surface area (Å²) >= 11 is 1.67. The SMILES string of the molecule is Cc1cc2nnc(SCc3cccc4c3OC(C)(C)C4)n2c(C)n1. The molecule has 124 valence electrons. The molecule has 0 fully saturated rings. The number of benzene rings is 1. The summed E-state index contributed by atoms with van der Waals surface area (Å²) in [4.78, 5) is 4.51. The van der Waals surface area contributed by atoms with Crippen LogP contribution in [0.5, 0.6) is 5.75 Å². The quantitative estimate of drug-likeness (QED) is 0.680. The van der Waals surface area contributed by atoms with Gasteiger partial charge in [0.25, 0.3) is 0 Å². The fourth-order valence-electron chi connectivity index (χ4n) is 3.23. The maximum atomic E-state index is 6.15. The normalized spacial score (nSPS) is 15.5. The van der Waals surface area contributed by atoms with Crippen molar-refractivity contribution in [1.29, 1.82) is 0 Å². The van der Waals surface area contributed by atoms with Gasteiger partial charge in [-0.3, -0.25) is 4.40 Å². The van der Waals surface area contributed by atoms with E-state index in [9.17, 15) is 0 Å². The van der Waals surface area contributed by atoms with Crippen LogP contribution in [0.1, 0.15) is 36.5 Å². The third-order valence-electron chi connectivity index (χ3n) is 4.19. The highest BCUT2D eigenvalue weighted by molar-refractivity contribution is 7.98. The highest BCUT2D eigenvalue weighted by atomic mass is 32.2. The first kappa shape index (κ1) is 15.4. The summed E-state index contributed by atoms with van der Waals surface area (Å²) < 4.78 is 8.16. The Morgan fingerprint density at radius 1 is 1.25 bits per heavy atom. The van der Waals surface area contributed by atoms with E-state index in [2.05, 4.69) is 47.2 Å². The number of ether oxygens (including phenoxy) is 1. The van der Waals surface area contributed by atoms with Gasteiger partial charge in [0, 0.05) is 29.5 Å². The molecule has 0 unspecified atom stereocenters. The Morgan fingerprint density at radius 3 is 2.92 bits per heavy atom. The molecular weight excluding hydrogens is 320 g/mol. The average Bonchev–Trinajstić information content (AvgIpc) is 3.04. The third kappa shape index (κ3) is 2.65. The summed E-state index contributed by atoms with van der Waals surface area (Å²) in [5.74, 6) is 2.75. The molecule has 0 aliphatic carbocycles. The van der Waals surface area contributed by atoms with Gasteiger partial charge in [-0.25, -0.2) is 4.98 Å². The minimum absolute atomic E-state index is 0.122. The van der Waals surface area contributed by atoms with Gasteiger partial charge in [-0.1, -0.05) is 30.0 Å². The summed E-state index contributed by atoms with van der Waals surface area (Å²) in [7, 11) is 0. The molecule has 4 rings (SSSR count). The van der Waals surface area contributed by atoms with E-state index in [0.29, 0.717) is 0 Å². The molecule has 1 aliphatic rings. The van der Waals surface area contributed by atoms with Crippen molar-refractivity contribution < 1.29 is 4.74 Å². The van der Waals surface area contributed by atoms with Crippen LogP contribution in [0.3, 0.4) is 0 Å². The highest BCUT2D eigenvalue weighted by Crippen LogP contribution is 2.39. The van der Waals surface area contributed by atoms with E-state index in [1.807, 2.05) is 24.3 Å². The van der Waals surface area contributed by atoms with Crippen molar-refractivity contribution in [3.63, 3.8) is 0 Å². The van der Waals surface area contributed by atoms with Crippen molar-refractivity contribution in [2.75, 3.05) is 0 Å². The lowest BCUT2D eigenvalue weighted by molar-refractivity contribution is 0.137. The number of rotatable bonds is 3. The molecule has 0 radical (unpaired) electrons. The monoisotopic (exact) mass is 340 g/mol. The molecule has 5 nitrogen and oxygen atoms in total. The molecule has 0 N–H and O–H groups in total. The largest absolute Gasteiger partial charge is 0.487 e. The molecule has 0 saturated carbocycles. The lowest BCUT2D eigenvalue weighted by Gasteiger charge is -2.18. The van der Waals surface area contributed by atoms with Gasteiger partial charge >= 0.3 is 0 Å². The average molecular weight is 340 g/mol. The molecule has 3 aromatic rings. The van der Waals surface area contributed by atoms with Crippen LogP contribution < -0.4 is 4.74 Å². The zero-order valence-electron chi connectivity index (χ0n) is 14.3. The van der Waals surface area contributed by atoms with E-state index in [1.54, 1.807) is 11.8 Å². The fraction of sp³-hybridized carbons (Fsp3) is 0.389. The van der Waals surface area contributed by atoms with Gasteiger partial charge in [-0.2, -0.15) is 0 Å². The highest BCUT2D eigenvalue weighted by Gasteiger charge is 2.31. The maximum absolute atomic E-state index is 6.15. The number of hydrogen-bond donors (Lipinski definition) is 0. The van der Waals surface area contributed by atoms with Gasteiger partial charge in [-0.05, 0) is 33.3 Å². The van der Waals surface area contributed by atoms with Gasteiger partial charge in [-0.15, -0.1) is 10.2 Å². The second-order valence-corrected chi connectivity index (χ2v) is 7.80. The van der Waals surface area contributed by atoms with Crippen LogP contribution in [0, 0.1) is 13.8 Å². The zero-order chi connectivity index (χ0) is 16.9. The Labute approximate surface area is 145 Å². The molecule has 1 aromatic carbocycles. The molecule has 0 spiro atoms. The van der Waals surface area contributed by atoms with Gasteiger partial charge in [0.1, 0.15) is 17.2 Å². The van der Waals surface area contributed by atoms with E-state index in [0.717, 1.165) is 40.2 Å². The van der Waals surface area contributed by atoms with Gasteiger partial charge in [0.05, 0.1) is 0 Å². The number of thioether (sulfide) groups is 1. The van der Waals surface area contributed by atoms with Crippen LogP contribution in [-0.4, -0.2) is 25.2 Å². The first-order chi connectivity index (χ1) is 11.4. The van der Waals surface area contributed by atoms with Crippen LogP contribution in [0.2, 0.25) is 0 Å². The molecule has 0 bridgehead atoms. The van der Waals surface area contributed by atoms with Crippen molar-refractivity contribution in [1.82, 2.24) is 19.6 Å². The third-order valence-corrected chi connectivity index (χ3v) is 5.17. The molecule has 0 amide bonds. The Morgan fingerprint density at radius 2 is 2.08 bits per heavy atom. The van der Waals surface area contributed by atoms with Crippen LogP contribution in [0.15, 0.2) is 29.4 Å². The van der Waals surface area contributed by atoms with Crippen LogP contribution in [-0.2, 0) is 12.2 Å². The summed E-state index contributed by atoms with van der Waals surface area (Å²) in [6.45, 7) is 8.22. The summed E-state index contributed by atoms with van der Waals surface area (Å²) in [6, 6.07) is 8.35. The molecule has 2 aromatic heterocycles. The number of aromatic nitrogens is 4. The predicted octanol–water partition coefficient (Wildman–Crippen LogP) is 3.75. The lowest BCUT2D eigenvalue weighted by atomic mass is 10.0. The Bertz CT molecular complexity index is 932. The van der Waals surface area contributed by atoms with Crippen molar-refractivity contribution in [3.05, 3.63) is 46.9 Å². The summed E-state index contributed by atoms with van der Waals surface area (Å²) in [5.41, 5.74) is 4.18. The van der Waals surface area contributed by atoms with E-state index in [4.69, 9.17) is 4.74 Å². The Hall–Kier alpha value is -2.08. The summed E-state index contributed by atoms with van der Waals surface area (Å²) in [5, 5.41) is 9.46. The smallest absolute Gasteiger partial charge is 0.197 e. The molecule has 0 saturated heterocycles. The molecule has 0 atom stereocenters. The summed E-state index contributed by atoms with van der Waals surface area (Å²) in [6.07, 6.45) is 0.955. The molecule has 3 heterocycles. The minimum atomic E-state index is -0.122. The molecule has 1 aliphatic heterocycles. The second kappa shape index (κ2) is 5.48.